The predicted octanol–water partition coefficient (Wildman–Crippen LogP) is 4.38. The highest BCUT2D eigenvalue weighted by molar-refractivity contribution is 7.92. The molecule has 0 heterocycles. The van der Waals surface area contributed by atoms with Gasteiger partial charge in [0.15, 0.2) is 0 Å². The quantitative estimate of drug-likeness (QED) is 0.463. The number of sulfonamides is 1. The zero-order valence-corrected chi connectivity index (χ0v) is 22.1. The van der Waals surface area contributed by atoms with Gasteiger partial charge in [0.2, 0.25) is 21.8 Å². The summed E-state index contributed by atoms with van der Waals surface area (Å²) in [4.78, 5) is 27.7. The number of amides is 2. The monoisotopic (exact) mass is 535 g/mol. The van der Waals surface area contributed by atoms with Gasteiger partial charge in [-0.3, -0.25) is 13.9 Å². The van der Waals surface area contributed by atoms with Crippen LogP contribution in [0.5, 0.6) is 0 Å². The molecule has 0 bridgehead atoms. The molecule has 1 fully saturated rings. The van der Waals surface area contributed by atoms with Gasteiger partial charge in [-0.2, -0.15) is 0 Å². The lowest BCUT2D eigenvalue weighted by Gasteiger charge is -2.31. The highest BCUT2D eigenvalue weighted by atomic mass is 32.2. The zero-order chi connectivity index (χ0) is 27.0. The van der Waals surface area contributed by atoms with Crippen LogP contribution in [0.1, 0.15) is 57.4 Å². The van der Waals surface area contributed by atoms with Crippen LogP contribution < -0.4 is 9.62 Å². The second-order valence-electron chi connectivity index (χ2n) is 9.55. The van der Waals surface area contributed by atoms with Gasteiger partial charge in [-0.15, -0.1) is 0 Å². The maximum Gasteiger partial charge on any atom is 0.242 e. The largest absolute Gasteiger partial charge is 0.352 e. The summed E-state index contributed by atoms with van der Waals surface area (Å²) in [7, 11) is -3.68. The van der Waals surface area contributed by atoms with Crippen LogP contribution in [0.4, 0.5) is 14.5 Å². The first-order valence-corrected chi connectivity index (χ1v) is 14.5. The van der Waals surface area contributed by atoms with E-state index < -0.39 is 27.7 Å². The van der Waals surface area contributed by atoms with E-state index in [2.05, 4.69) is 5.32 Å². The summed E-state index contributed by atoms with van der Waals surface area (Å²) in [6.45, 7) is 1.53. The molecule has 2 aromatic carbocycles. The maximum absolute atomic E-state index is 14.4. The molecule has 10 heteroatoms. The van der Waals surface area contributed by atoms with Gasteiger partial charge in [0.05, 0.1) is 11.9 Å². The first kappa shape index (κ1) is 28.6. The molecule has 202 valence electrons. The van der Waals surface area contributed by atoms with Crippen molar-refractivity contribution in [3.8, 4) is 0 Å². The third-order valence-electron chi connectivity index (χ3n) is 6.68. The lowest BCUT2D eigenvalue weighted by atomic mass is 9.95. The molecule has 2 amide bonds. The van der Waals surface area contributed by atoms with Crippen LogP contribution in [0.2, 0.25) is 0 Å². The van der Waals surface area contributed by atoms with Crippen LogP contribution in [0.15, 0.2) is 48.5 Å². The van der Waals surface area contributed by atoms with Gasteiger partial charge in [-0.05, 0) is 56.5 Å². The number of nitrogens with zero attached hydrogens (tertiary/aromatic N) is 2. The van der Waals surface area contributed by atoms with Gasteiger partial charge in [0.1, 0.15) is 17.7 Å². The number of nitrogens with one attached hydrogen (secondary N) is 1. The Morgan fingerprint density at radius 3 is 2.30 bits per heavy atom. The van der Waals surface area contributed by atoms with Gasteiger partial charge in [0, 0.05) is 31.1 Å². The standard InChI is InChI=1S/C27H35F2N3O4S/c1-20(27(34)30-23-10-4-3-5-11-23)31(19-21-9-6-7-12-25(21)29)26(33)13-8-18-32(37(2,35)36)24-16-14-22(28)15-17-24/h6-7,9,12,14-17,20,23H,3-5,8,10-11,13,18-19H2,1-2H3,(H,30,34). The van der Waals surface area contributed by atoms with Crippen LogP contribution >= 0.6 is 0 Å². The summed E-state index contributed by atoms with van der Waals surface area (Å²) in [5.74, 6) is -1.64. The smallest absolute Gasteiger partial charge is 0.242 e. The van der Waals surface area contributed by atoms with E-state index >= 15 is 0 Å². The second-order valence-corrected chi connectivity index (χ2v) is 11.5. The Morgan fingerprint density at radius 1 is 1.03 bits per heavy atom. The number of carbonyl (C=O) groups excluding carboxylic acids is 2. The van der Waals surface area contributed by atoms with Crippen molar-refractivity contribution in [2.45, 2.75) is 70.5 Å². The fraction of sp³-hybridized carbons (Fsp3) is 0.481. The van der Waals surface area contributed by atoms with E-state index in [1.54, 1.807) is 25.1 Å². The number of hydrogen-bond acceptors (Lipinski definition) is 4. The van der Waals surface area contributed by atoms with E-state index in [9.17, 15) is 26.8 Å². The van der Waals surface area contributed by atoms with Crippen molar-refractivity contribution in [3.63, 3.8) is 0 Å². The Hall–Kier alpha value is -3.01. The third-order valence-corrected chi connectivity index (χ3v) is 7.88. The number of hydrogen-bond donors (Lipinski definition) is 1. The lowest BCUT2D eigenvalue weighted by Crippen LogP contribution is -2.50. The van der Waals surface area contributed by atoms with Crippen molar-refractivity contribution >= 4 is 27.5 Å². The number of benzene rings is 2. The molecule has 2 aromatic rings. The van der Waals surface area contributed by atoms with Crippen LogP contribution in [0, 0.1) is 11.6 Å². The molecule has 1 atom stereocenters. The molecule has 1 unspecified atom stereocenters. The fourth-order valence-corrected chi connectivity index (χ4v) is 5.54. The van der Waals surface area contributed by atoms with E-state index in [0.29, 0.717) is 5.69 Å². The minimum atomic E-state index is -3.68. The molecule has 3 rings (SSSR count). The molecular weight excluding hydrogens is 500 g/mol. The third kappa shape index (κ3) is 8.24. The van der Waals surface area contributed by atoms with Crippen LogP contribution in [-0.4, -0.2) is 50.0 Å². The minimum absolute atomic E-state index is 0.00754. The van der Waals surface area contributed by atoms with E-state index in [-0.39, 0.29) is 49.4 Å². The molecule has 1 N–H and O–H groups in total. The highest BCUT2D eigenvalue weighted by Gasteiger charge is 2.29. The van der Waals surface area contributed by atoms with Gasteiger partial charge in [-0.25, -0.2) is 17.2 Å². The Kier molecular flexibility index (Phi) is 10.0. The minimum Gasteiger partial charge on any atom is -0.352 e. The van der Waals surface area contributed by atoms with Crippen LogP contribution in [0.25, 0.3) is 0 Å². The molecule has 0 radical (unpaired) electrons. The Labute approximate surface area is 217 Å². The summed E-state index contributed by atoms with van der Waals surface area (Å²) in [5, 5.41) is 3.03. The van der Waals surface area contributed by atoms with Crippen LogP contribution in [0.3, 0.4) is 0 Å². The fourth-order valence-electron chi connectivity index (χ4n) is 4.57. The van der Waals surface area contributed by atoms with Gasteiger partial charge >= 0.3 is 0 Å². The summed E-state index contributed by atoms with van der Waals surface area (Å²) in [6, 6.07) is 10.4. The summed E-state index contributed by atoms with van der Waals surface area (Å²) in [6.07, 6.45) is 6.17. The zero-order valence-electron chi connectivity index (χ0n) is 21.3. The number of anilines is 1. The summed E-state index contributed by atoms with van der Waals surface area (Å²) < 4.78 is 53.5. The maximum atomic E-state index is 14.4. The molecule has 1 saturated carbocycles. The first-order valence-electron chi connectivity index (χ1n) is 12.6. The molecule has 0 spiro atoms. The van der Waals surface area contributed by atoms with E-state index in [0.717, 1.165) is 42.7 Å². The lowest BCUT2D eigenvalue weighted by molar-refractivity contribution is -0.141. The topological polar surface area (TPSA) is 86.8 Å². The van der Waals surface area contributed by atoms with Gasteiger partial charge in [-0.1, -0.05) is 37.5 Å². The molecule has 1 aliphatic carbocycles. The SMILES string of the molecule is CC(C(=O)NC1CCCCC1)N(Cc1ccccc1F)C(=O)CCCN(c1ccc(F)cc1)S(C)(=O)=O. The number of halogens is 2. The average molecular weight is 536 g/mol. The van der Waals surface area contributed by atoms with E-state index in [4.69, 9.17) is 0 Å². The van der Waals surface area contributed by atoms with E-state index in [1.807, 2.05) is 0 Å². The Morgan fingerprint density at radius 2 is 1.68 bits per heavy atom. The Balaban J connectivity index is 1.72. The van der Waals surface area contributed by atoms with Crippen molar-refractivity contribution in [2.24, 2.45) is 0 Å². The van der Waals surface area contributed by atoms with E-state index in [1.165, 1.54) is 35.2 Å². The number of rotatable bonds is 11. The Bertz CT molecular complexity index is 1170. The van der Waals surface area contributed by atoms with Crippen molar-refractivity contribution in [3.05, 3.63) is 65.7 Å². The van der Waals surface area contributed by atoms with Crippen molar-refractivity contribution in [2.75, 3.05) is 17.1 Å². The van der Waals surface area contributed by atoms with Crippen molar-refractivity contribution in [1.29, 1.82) is 0 Å². The van der Waals surface area contributed by atoms with Crippen LogP contribution in [-0.2, 0) is 26.2 Å². The summed E-state index contributed by atoms with van der Waals surface area (Å²) >= 11 is 0. The second kappa shape index (κ2) is 13.0. The molecule has 7 nitrogen and oxygen atoms in total. The van der Waals surface area contributed by atoms with Crippen molar-refractivity contribution < 1.29 is 26.8 Å². The summed E-state index contributed by atoms with van der Waals surface area (Å²) in [5.41, 5.74) is 0.581. The van der Waals surface area contributed by atoms with Crippen molar-refractivity contribution in [1.82, 2.24) is 10.2 Å². The molecule has 1 aliphatic rings. The first-order chi connectivity index (χ1) is 17.6. The number of carbonyl (C=O) groups is 2. The molecule has 37 heavy (non-hydrogen) atoms. The normalized spacial score (nSPS) is 15.1. The van der Waals surface area contributed by atoms with Gasteiger partial charge < -0.3 is 10.2 Å². The molecule has 0 aromatic heterocycles. The predicted molar refractivity (Wildman–Crippen MR) is 139 cm³/mol. The molecule has 0 aliphatic heterocycles. The van der Waals surface area contributed by atoms with Gasteiger partial charge in [0.25, 0.3) is 0 Å². The molecule has 0 saturated heterocycles. The molecular formula is C27H35F2N3O4S. The average Bonchev–Trinajstić information content (AvgIpc) is 2.86. The highest BCUT2D eigenvalue weighted by Crippen LogP contribution is 2.21.